The summed E-state index contributed by atoms with van der Waals surface area (Å²) in [5.74, 6) is -0.913. The summed E-state index contributed by atoms with van der Waals surface area (Å²) in [5, 5.41) is 6.13. The van der Waals surface area contributed by atoms with Crippen LogP contribution in [-0.4, -0.2) is 48.2 Å². The summed E-state index contributed by atoms with van der Waals surface area (Å²) in [6.45, 7) is 3.12. The number of ether oxygens (including phenoxy) is 1. The minimum atomic E-state index is -0.428. The Balaban J connectivity index is 2.01. The average Bonchev–Trinajstić information content (AvgIpc) is 3.10. The fourth-order valence-electron chi connectivity index (χ4n) is 2.16. The van der Waals surface area contributed by atoms with Crippen molar-refractivity contribution >= 4 is 17.6 Å². The van der Waals surface area contributed by atoms with E-state index in [2.05, 4.69) is 15.0 Å². The highest BCUT2D eigenvalue weighted by Crippen LogP contribution is 2.09. The molecule has 0 aliphatic rings. The number of amides is 2. The second-order valence-corrected chi connectivity index (χ2v) is 5.22. The number of nitrogens with one attached hydrogen (secondary N) is 1. The van der Waals surface area contributed by atoms with Gasteiger partial charge in [-0.2, -0.15) is 0 Å². The average molecular weight is 349 g/mol. The van der Waals surface area contributed by atoms with Crippen molar-refractivity contribution in [1.29, 1.82) is 0 Å². The van der Waals surface area contributed by atoms with Crippen LogP contribution < -0.4 is 5.32 Å². The second-order valence-electron chi connectivity index (χ2n) is 5.22. The predicted molar refractivity (Wildman–Crippen MR) is 88.5 cm³/mol. The van der Waals surface area contributed by atoms with E-state index in [0.717, 1.165) is 0 Å². The Labute approximate surface area is 144 Å². The van der Waals surface area contributed by atoms with Gasteiger partial charge in [-0.05, 0) is 37.6 Å². The van der Waals surface area contributed by atoms with Crippen LogP contribution in [0.4, 0.5) is 10.2 Å². The van der Waals surface area contributed by atoms with Crippen molar-refractivity contribution in [1.82, 2.24) is 10.1 Å². The second kappa shape index (κ2) is 9.53. The summed E-state index contributed by atoms with van der Waals surface area (Å²) >= 11 is 0. The number of rotatable bonds is 9. The molecule has 1 heterocycles. The Morgan fingerprint density at radius 2 is 2.04 bits per heavy atom. The minimum Gasteiger partial charge on any atom is -0.382 e. The lowest BCUT2D eigenvalue weighted by atomic mass is 10.2. The van der Waals surface area contributed by atoms with Crippen LogP contribution in [0.25, 0.3) is 0 Å². The third-order valence-corrected chi connectivity index (χ3v) is 3.34. The maximum Gasteiger partial charge on any atom is 0.254 e. The maximum absolute atomic E-state index is 13.0. The lowest BCUT2D eigenvalue weighted by Gasteiger charge is -2.22. The van der Waals surface area contributed by atoms with Gasteiger partial charge in [0.25, 0.3) is 5.91 Å². The van der Waals surface area contributed by atoms with Crippen LogP contribution in [0, 0.1) is 5.82 Å². The van der Waals surface area contributed by atoms with Gasteiger partial charge >= 0.3 is 0 Å². The van der Waals surface area contributed by atoms with Gasteiger partial charge in [0.1, 0.15) is 18.6 Å². The van der Waals surface area contributed by atoms with E-state index < -0.39 is 11.7 Å². The molecule has 0 bridgehead atoms. The van der Waals surface area contributed by atoms with Gasteiger partial charge in [0.05, 0.1) is 0 Å². The van der Waals surface area contributed by atoms with Crippen molar-refractivity contribution in [2.75, 3.05) is 31.6 Å². The summed E-state index contributed by atoms with van der Waals surface area (Å²) < 4.78 is 22.9. The third-order valence-electron chi connectivity index (χ3n) is 3.34. The van der Waals surface area contributed by atoms with Gasteiger partial charge in [-0.3, -0.25) is 9.59 Å². The van der Waals surface area contributed by atoms with E-state index in [-0.39, 0.29) is 18.3 Å². The van der Waals surface area contributed by atoms with E-state index in [1.54, 1.807) is 0 Å². The number of aromatic nitrogens is 1. The number of carbonyl (C=O) groups is 2. The molecule has 134 valence electrons. The highest BCUT2D eigenvalue weighted by atomic mass is 19.1. The van der Waals surface area contributed by atoms with Crippen LogP contribution >= 0.6 is 0 Å². The summed E-state index contributed by atoms with van der Waals surface area (Å²) in [5.41, 5.74) is 0.312. The molecular formula is C17H20FN3O4. The number of carbonyl (C=O) groups excluding carboxylic acids is 2. The van der Waals surface area contributed by atoms with Gasteiger partial charge in [0, 0.05) is 31.4 Å². The molecule has 0 unspecified atom stereocenters. The lowest BCUT2D eigenvalue weighted by molar-refractivity contribution is -0.117. The molecule has 0 aliphatic carbocycles. The van der Waals surface area contributed by atoms with E-state index in [4.69, 9.17) is 4.74 Å². The molecule has 0 fully saturated rings. The van der Waals surface area contributed by atoms with Crippen molar-refractivity contribution in [2.45, 2.75) is 13.3 Å². The Morgan fingerprint density at radius 3 is 2.68 bits per heavy atom. The van der Waals surface area contributed by atoms with Crippen LogP contribution in [0.5, 0.6) is 0 Å². The molecule has 0 spiro atoms. The zero-order chi connectivity index (χ0) is 18.1. The first kappa shape index (κ1) is 18.6. The minimum absolute atomic E-state index is 0.158. The number of nitrogens with zero attached hydrogens (tertiary/aromatic N) is 2. The Hall–Kier alpha value is -2.74. The van der Waals surface area contributed by atoms with Gasteiger partial charge in [0.15, 0.2) is 5.82 Å². The van der Waals surface area contributed by atoms with Crippen LogP contribution in [0.2, 0.25) is 0 Å². The first-order valence-electron chi connectivity index (χ1n) is 7.93. The molecule has 0 saturated heterocycles. The van der Waals surface area contributed by atoms with Crippen molar-refractivity contribution in [3.05, 3.63) is 48.0 Å². The molecule has 0 radical (unpaired) electrons. The normalized spacial score (nSPS) is 10.5. The van der Waals surface area contributed by atoms with Crippen molar-refractivity contribution in [3.63, 3.8) is 0 Å². The van der Waals surface area contributed by atoms with Gasteiger partial charge in [0.2, 0.25) is 5.91 Å². The number of halogens is 1. The zero-order valence-electron chi connectivity index (χ0n) is 13.9. The molecular weight excluding hydrogens is 329 g/mol. The molecule has 0 atom stereocenters. The van der Waals surface area contributed by atoms with Crippen molar-refractivity contribution < 1.29 is 23.2 Å². The Bertz CT molecular complexity index is 674. The smallest absolute Gasteiger partial charge is 0.254 e. The molecule has 25 heavy (non-hydrogen) atoms. The number of anilines is 1. The van der Waals surface area contributed by atoms with Gasteiger partial charge in [-0.25, -0.2) is 4.39 Å². The first-order chi connectivity index (χ1) is 12.1. The summed E-state index contributed by atoms with van der Waals surface area (Å²) in [7, 11) is 0. The molecule has 2 rings (SSSR count). The molecule has 7 nitrogen and oxygen atoms in total. The number of hydrogen-bond donors (Lipinski definition) is 1. The quantitative estimate of drug-likeness (QED) is 0.702. The monoisotopic (exact) mass is 349 g/mol. The fourth-order valence-corrected chi connectivity index (χ4v) is 2.16. The standard InChI is InChI=1S/C17H20FN3O4/c1-2-24-10-3-9-21(12-16(22)19-15-8-11-25-20-15)17(23)13-4-6-14(18)7-5-13/h4-8,11H,2-3,9-10,12H2,1H3,(H,19,20,22). The van der Waals surface area contributed by atoms with E-state index in [9.17, 15) is 14.0 Å². The molecule has 2 amide bonds. The highest BCUT2D eigenvalue weighted by molar-refractivity contribution is 5.99. The number of benzene rings is 1. The molecule has 0 aliphatic heterocycles. The fraction of sp³-hybridized carbons (Fsp3) is 0.353. The van der Waals surface area contributed by atoms with Crippen molar-refractivity contribution in [2.24, 2.45) is 0 Å². The Morgan fingerprint density at radius 1 is 1.28 bits per heavy atom. The Kier molecular flexibility index (Phi) is 7.09. The third kappa shape index (κ3) is 6.00. The lowest BCUT2D eigenvalue weighted by Crippen LogP contribution is -2.39. The molecule has 8 heteroatoms. The van der Waals surface area contributed by atoms with Crippen LogP contribution in [0.3, 0.4) is 0 Å². The SMILES string of the molecule is CCOCCCN(CC(=O)Nc1ccon1)C(=O)c1ccc(F)cc1. The predicted octanol–water partition coefficient (Wildman–Crippen LogP) is 2.32. The molecule has 1 aromatic heterocycles. The number of hydrogen-bond acceptors (Lipinski definition) is 5. The van der Waals surface area contributed by atoms with Gasteiger partial charge in [-0.1, -0.05) is 5.16 Å². The van der Waals surface area contributed by atoms with Crippen LogP contribution in [-0.2, 0) is 9.53 Å². The van der Waals surface area contributed by atoms with Crippen molar-refractivity contribution in [3.8, 4) is 0 Å². The van der Waals surface area contributed by atoms with Gasteiger partial charge < -0.3 is 19.5 Å². The molecule has 1 aromatic carbocycles. The summed E-state index contributed by atoms with van der Waals surface area (Å²) in [6.07, 6.45) is 1.91. The van der Waals surface area contributed by atoms with Gasteiger partial charge in [-0.15, -0.1) is 0 Å². The zero-order valence-corrected chi connectivity index (χ0v) is 13.9. The summed E-state index contributed by atoms with van der Waals surface area (Å²) in [6, 6.07) is 6.70. The topological polar surface area (TPSA) is 84.7 Å². The van der Waals surface area contributed by atoms with E-state index in [0.29, 0.717) is 31.7 Å². The van der Waals surface area contributed by atoms with E-state index in [1.165, 1.54) is 41.5 Å². The molecule has 0 saturated carbocycles. The maximum atomic E-state index is 13.0. The van der Waals surface area contributed by atoms with E-state index in [1.807, 2.05) is 6.92 Å². The highest BCUT2D eigenvalue weighted by Gasteiger charge is 2.19. The largest absolute Gasteiger partial charge is 0.382 e. The van der Waals surface area contributed by atoms with Crippen LogP contribution in [0.1, 0.15) is 23.7 Å². The first-order valence-corrected chi connectivity index (χ1v) is 7.93. The molecule has 2 aromatic rings. The van der Waals surface area contributed by atoms with E-state index >= 15 is 0 Å². The van der Waals surface area contributed by atoms with Crippen LogP contribution in [0.15, 0.2) is 41.1 Å². The molecule has 1 N–H and O–H groups in total. The summed E-state index contributed by atoms with van der Waals surface area (Å²) in [4.78, 5) is 26.1.